The van der Waals surface area contributed by atoms with Crippen LogP contribution in [0.15, 0.2) is 0 Å². The van der Waals surface area contributed by atoms with E-state index in [1.165, 1.54) is 0 Å². The first kappa shape index (κ1) is 14.0. The first-order chi connectivity index (χ1) is 7.71. The maximum atomic E-state index is 12.0. The van der Waals surface area contributed by atoms with Gasteiger partial charge >= 0.3 is 0 Å². The summed E-state index contributed by atoms with van der Waals surface area (Å²) < 4.78 is 0. The van der Waals surface area contributed by atoms with Crippen LogP contribution >= 0.6 is 0 Å². The minimum atomic E-state index is -0.176. The Morgan fingerprint density at radius 3 is 2.47 bits per heavy atom. The molecule has 0 spiro atoms. The van der Waals surface area contributed by atoms with E-state index in [1.807, 2.05) is 20.8 Å². The van der Waals surface area contributed by atoms with Gasteiger partial charge in [0.25, 0.3) is 0 Å². The zero-order valence-corrected chi connectivity index (χ0v) is 11.2. The van der Waals surface area contributed by atoms with Crippen LogP contribution in [0.3, 0.4) is 0 Å². The van der Waals surface area contributed by atoms with Gasteiger partial charge in [0.05, 0.1) is 6.54 Å². The Kier molecular flexibility index (Phi) is 4.14. The lowest BCUT2D eigenvalue weighted by Gasteiger charge is -2.34. The summed E-state index contributed by atoms with van der Waals surface area (Å²) in [7, 11) is 1.75. The average molecular weight is 241 g/mol. The van der Waals surface area contributed by atoms with Crippen LogP contribution in [-0.2, 0) is 9.59 Å². The van der Waals surface area contributed by atoms with Crippen molar-refractivity contribution in [2.45, 2.75) is 33.2 Å². The topological polar surface area (TPSA) is 66.6 Å². The Morgan fingerprint density at radius 2 is 2.00 bits per heavy atom. The summed E-state index contributed by atoms with van der Waals surface area (Å²) in [5.41, 5.74) is 5.89. The van der Waals surface area contributed by atoms with Crippen LogP contribution in [0.1, 0.15) is 27.2 Å². The van der Waals surface area contributed by atoms with Crippen molar-refractivity contribution in [3.63, 3.8) is 0 Å². The largest absolute Gasteiger partial charge is 0.342 e. The van der Waals surface area contributed by atoms with Crippen molar-refractivity contribution in [3.8, 4) is 0 Å². The molecular weight excluding hydrogens is 218 g/mol. The Morgan fingerprint density at radius 1 is 1.41 bits per heavy atom. The number of carbonyl (C=O) groups excluding carboxylic acids is 2. The van der Waals surface area contributed by atoms with Gasteiger partial charge in [-0.05, 0) is 5.41 Å². The highest BCUT2D eigenvalue weighted by Crippen LogP contribution is 2.20. The van der Waals surface area contributed by atoms with E-state index in [4.69, 9.17) is 5.73 Å². The van der Waals surface area contributed by atoms with Gasteiger partial charge in [-0.3, -0.25) is 9.59 Å². The third-order valence-corrected chi connectivity index (χ3v) is 3.32. The number of likely N-dealkylation sites (N-methyl/N-ethyl adjacent to an activating group) is 1. The summed E-state index contributed by atoms with van der Waals surface area (Å²) >= 11 is 0. The fraction of sp³-hybridized carbons (Fsp3) is 0.833. The summed E-state index contributed by atoms with van der Waals surface area (Å²) in [5, 5.41) is 0. The highest BCUT2D eigenvalue weighted by molar-refractivity contribution is 5.86. The smallest absolute Gasteiger partial charge is 0.241 e. The number of rotatable bonds is 2. The molecule has 1 heterocycles. The molecule has 0 aromatic heterocycles. The molecule has 5 nitrogen and oxygen atoms in total. The zero-order chi connectivity index (χ0) is 13.2. The second-order valence-electron chi connectivity index (χ2n) is 5.81. The Balaban J connectivity index is 2.52. The van der Waals surface area contributed by atoms with Gasteiger partial charge in [-0.25, -0.2) is 0 Å². The zero-order valence-electron chi connectivity index (χ0n) is 11.2. The normalized spacial score (nSPS) is 19.5. The van der Waals surface area contributed by atoms with Crippen molar-refractivity contribution >= 4 is 11.8 Å². The Bertz CT molecular complexity index is 309. The second kappa shape index (κ2) is 5.04. The monoisotopic (exact) mass is 241 g/mol. The number of piperazine rings is 1. The van der Waals surface area contributed by atoms with Crippen LogP contribution in [0.25, 0.3) is 0 Å². The van der Waals surface area contributed by atoms with Crippen molar-refractivity contribution in [1.82, 2.24) is 9.80 Å². The van der Waals surface area contributed by atoms with E-state index in [9.17, 15) is 9.59 Å². The lowest BCUT2D eigenvalue weighted by atomic mass is 9.85. The van der Waals surface area contributed by atoms with Gasteiger partial charge in [0.2, 0.25) is 11.8 Å². The van der Waals surface area contributed by atoms with Gasteiger partial charge in [0, 0.05) is 32.6 Å². The first-order valence-corrected chi connectivity index (χ1v) is 5.99. The lowest BCUT2D eigenvalue weighted by molar-refractivity contribution is -0.144. The molecule has 1 aliphatic heterocycles. The maximum Gasteiger partial charge on any atom is 0.241 e. The van der Waals surface area contributed by atoms with Gasteiger partial charge in [0.1, 0.15) is 0 Å². The molecular formula is C12H23N3O2. The average Bonchev–Trinajstić information content (AvgIpc) is 2.20. The second-order valence-corrected chi connectivity index (χ2v) is 5.81. The van der Waals surface area contributed by atoms with E-state index in [1.54, 1.807) is 16.8 Å². The minimum absolute atomic E-state index is 0.00562. The van der Waals surface area contributed by atoms with E-state index in [2.05, 4.69) is 0 Å². The Hall–Kier alpha value is -1.10. The molecule has 0 aromatic rings. The van der Waals surface area contributed by atoms with Crippen molar-refractivity contribution in [3.05, 3.63) is 0 Å². The summed E-state index contributed by atoms with van der Waals surface area (Å²) in [6.07, 6.45) is 0.306. The van der Waals surface area contributed by atoms with Crippen LogP contribution < -0.4 is 5.73 Å². The molecule has 5 heteroatoms. The van der Waals surface area contributed by atoms with Crippen LogP contribution in [0, 0.1) is 5.41 Å². The number of hydrogen-bond acceptors (Lipinski definition) is 3. The highest BCUT2D eigenvalue weighted by Gasteiger charge is 2.29. The molecule has 17 heavy (non-hydrogen) atoms. The van der Waals surface area contributed by atoms with Crippen LogP contribution in [0.4, 0.5) is 0 Å². The van der Waals surface area contributed by atoms with Gasteiger partial charge in [0.15, 0.2) is 0 Å². The van der Waals surface area contributed by atoms with E-state index < -0.39 is 0 Å². The molecule has 2 amide bonds. The van der Waals surface area contributed by atoms with Crippen LogP contribution in [0.2, 0.25) is 0 Å². The highest BCUT2D eigenvalue weighted by atomic mass is 16.2. The molecule has 1 fully saturated rings. The quantitative estimate of drug-likeness (QED) is 0.743. The molecule has 0 bridgehead atoms. The fourth-order valence-electron chi connectivity index (χ4n) is 1.59. The first-order valence-electron chi connectivity index (χ1n) is 5.99. The fourth-order valence-corrected chi connectivity index (χ4v) is 1.59. The number of nitrogens with zero attached hydrogens (tertiary/aromatic N) is 2. The van der Waals surface area contributed by atoms with Gasteiger partial charge in [-0.2, -0.15) is 0 Å². The molecule has 0 aromatic carbocycles. The predicted octanol–water partition coefficient (Wildman–Crippen LogP) is 0.0505. The molecule has 1 atom stereocenters. The molecule has 0 radical (unpaired) electrons. The number of amides is 2. The molecule has 1 unspecified atom stereocenters. The van der Waals surface area contributed by atoms with Crippen molar-refractivity contribution in [2.75, 3.05) is 26.7 Å². The maximum absolute atomic E-state index is 12.0. The molecule has 2 N–H and O–H groups in total. The molecule has 0 saturated carbocycles. The molecule has 1 saturated heterocycles. The SMILES string of the molecule is CN1CCN(C(=O)CC(N)C(C)(C)C)CC1=O. The number of carbonyl (C=O) groups is 2. The molecule has 1 aliphatic rings. The van der Waals surface area contributed by atoms with E-state index >= 15 is 0 Å². The van der Waals surface area contributed by atoms with Gasteiger partial charge < -0.3 is 15.5 Å². The van der Waals surface area contributed by atoms with E-state index in [-0.39, 0.29) is 29.8 Å². The number of hydrogen-bond donors (Lipinski definition) is 1. The summed E-state index contributed by atoms with van der Waals surface area (Å²) in [4.78, 5) is 26.7. The summed E-state index contributed by atoms with van der Waals surface area (Å²) in [6, 6.07) is -0.176. The van der Waals surface area contributed by atoms with Gasteiger partial charge in [-0.1, -0.05) is 20.8 Å². The van der Waals surface area contributed by atoms with Crippen LogP contribution in [0.5, 0.6) is 0 Å². The lowest BCUT2D eigenvalue weighted by Crippen LogP contribution is -2.52. The molecule has 1 rings (SSSR count). The molecule has 98 valence electrons. The third kappa shape index (κ3) is 3.70. The van der Waals surface area contributed by atoms with Crippen molar-refractivity contribution < 1.29 is 9.59 Å². The standard InChI is InChI=1S/C12H23N3O2/c1-12(2,3)9(13)7-10(16)15-6-5-14(4)11(17)8-15/h9H,5-8,13H2,1-4H3. The summed E-state index contributed by atoms with van der Waals surface area (Å²) in [5.74, 6) is -0.0252. The van der Waals surface area contributed by atoms with E-state index in [0.29, 0.717) is 19.5 Å². The van der Waals surface area contributed by atoms with E-state index in [0.717, 1.165) is 0 Å². The van der Waals surface area contributed by atoms with Crippen molar-refractivity contribution in [2.24, 2.45) is 11.1 Å². The summed E-state index contributed by atoms with van der Waals surface area (Å²) in [6.45, 7) is 7.44. The number of nitrogens with two attached hydrogens (primary N) is 1. The Labute approximate surface area is 103 Å². The molecule has 0 aliphatic carbocycles. The third-order valence-electron chi connectivity index (χ3n) is 3.32. The van der Waals surface area contributed by atoms with Crippen molar-refractivity contribution in [1.29, 1.82) is 0 Å². The minimum Gasteiger partial charge on any atom is -0.342 e. The van der Waals surface area contributed by atoms with Gasteiger partial charge in [-0.15, -0.1) is 0 Å². The predicted molar refractivity (Wildman–Crippen MR) is 66.3 cm³/mol. The van der Waals surface area contributed by atoms with Crippen LogP contribution in [-0.4, -0.2) is 54.3 Å².